The van der Waals surface area contributed by atoms with Crippen molar-refractivity contribution in [1.29, 1.82) is 0 Å². The van der Waals surface area contributed by atoms with Gasteiger partial charge in [-0.1, -0.05) is 0 Å². The Hall–Kier alpha value is -2.46. The van der Waals surface area contributed by atoms with Crippen molar-refractivity contribution in [3.8, 4) is 5.75 Å². The van der Waals surface area contributed by atoms with Crippen LogP contribution in [-0.2, 0) is 21.5 Å². The van der Waals surface area contributed by atoms with Gasteiger partial charge in [0.25, 0.3) is 0 Å². The van der Waals surface area contributed by atoms with Gasteiger partial charge in [-0.15, -0.1) is 0 Å². The summed E-state index contributed by atoms with van der Waals surface area (Å²) in [6.45, 7) is 7.41. The smallest absolute Gasteiger partial charge is 0.243 e. The second-order valence-electron chi connectivity index (χ2n) is 8.75. The molecule has 2 aromatic heterocycles. The molecule has 0 spiro atoms. The van der Waals surface area contributed by atoms with E-state index in [0.29, 0.717) is 25.4 Å². The van der Waals surface area contributed by atoms with Crippen molar-refractivity contribution in [3.63, 3.8) is 0 Å². The van der Waals surface area contributed by atoms with E-state index in [0.717, 1.165) is 29.6 Å². The first kappa shape index (κ1) is 23.7. The normalized spacial score (nSPS) is 16.0. The summed E-state index contributed by atoms with van der Waals surface area (Å²) in [5.41, 5.74) is 2.95. The summed E-state index contributed by atoms with van der Waals surface area (Å²) in [5.74, 6) is 0.899. The molecular formula is C24H31N3O5S. The molecule has 178 valence electrons. The Kier molecular flexibility index (Phi) is 7.04. The minimum Gasteiger partial charge on any atom is -0.491 e. The van der Waals surface area contributed by atoms with Crippen molar-refractivity contribution in [1.82, 2.24) is 13.9 Å². The summed E-state index contributed by atoms with van der Waals surface area (Å²) in [5, 5.41) is 9.83. The molecule has 1 aromatic carbocycles. The first-order valence-corrected chi connectivity index (χ1v) is 12.7. The van der Waals surface area contributed by atoms with Gasteiger partial charge in [0.1, 0.15) is 11.4 Å². The zero-order chi connectivity index (χ0) is 23.6. The molecule has 0 aliphatic carbocycles. The second-order valence-corrected chi connectivity index (χ2v) is 10.7. The number of pyridine rings is 1. The molecule has 1 aliphatic rings. The average molecular weight is 474 g/mol. The maximum absolute atomic E-state index is 13.2. The Labute approximate surface area is 194 Å². The van der Waals surface area contributed by atoms with Crippen molar-refractivity contribution < 1.29 is 23.3 Å². The zero-order valence-corrected chi connectivity index (χ0v) is 20.1. The molecule has 0 amide bonds. The molecule has 1 aliphatic heterocycles. The van der Waals surface area contributed by atoms with Gasteiger partial charge >= 0.3 is 0 Å². The van der Waals surface area contributed by atoms with Crippen LogP contribution in [0, 0.1) is 6.92 Å². The fourth-order valence-corrected chi connectivity index (χ4v) is 5.91. The Morgan fingerprint density at radius 1 is 1.12 bits per heavy atom. The molecular weight excluding hydrogens is 442 g/mol. The van der Waals surface area contributed by atoms with Crippen LogP contribution in [0.25, 0.3) is 11.0 Å². The highest BCUT2D eigenvalue weighted by molar-refractivity contribution is 7.89. The second kappa shape index (κ2) is 9.80. The first-order valence-electron chi connectivity index (χ1n) is 11.3. The number of benzene rings is 1. The molecule has 3 heterocycles. The van der Waals surface area contributed by atoms with Gasteiger partial charge < -0.3 is 9.30 Å². The van der Waals surface area contributed by atoms with Crippen molar-refractivity contribution in [2.75, 3.05) is 19.7 Å². The molecule has 0 radical (unpaired) electrons. The number of aromatic nitrogens is 2. The third kappa shape index (κ3) is 5.06. The number of piperidine rings is 1. The van der Waals surface area contributed by atoms with E-state index in [1.54, 1.807) is 28.6 Å². The Bertz CT molecular complexity index is 1200. The summed E-state index contributed by atoms with van der Waals surface area (Å²) in [6.07, 6.45) is 3.57. The van der Waals surface area contributed by atoms with Crippen LogP contribution < -0.4 is 4.74 Å². The lowest BCUT2D eigenvalue weighted by Crippen LogP contribution is -2.37. The van der Waals surface area contributed by atoms with Crippen LogP contribution in [0.5, 0.6) is 5.75 Å². The largest absolute Gasteiger partial charge is 0.491 e. The van der Waals surface area contributed by atoms with Gasteiger partial charge in [-0.25, -0.2) is 18.3 Å². The number of hydrogen-bond acceptors (Lipinski definition) is 6. The van der Waals surface area contributed by atoms with Crippen molar-refractivity contribution in [2.45, 2.75) is 57.1 Å². The van der Waals surface area contributed by atoms with Gasteiger partial charge in [-0.3, -0.25) is 5.26 Å². The molecule has 1 saturated heterocycles. The van der Waals surface area contributed by atoms with Gasteiger partial charge in [-0.2, -0.15) is 4.31 Å². The van der Waals surface area contributed by atoms with E-state index in [1.807, 2.05) is 31.4 Å². The number of fused-ring (bicyclic) bond motifs is 1. The molecule has 1 N–H and O–H groups in total. The molecule has 0 unspecified atom stereocenters. The maximum Gasteiger partial charge on any atom is 0.243 e. The Morgan fingerprint density at radius 3 is 2.45 bits per heavy atom. The van der Waals surface area contributed by atoms with E-state index in [2.05, 4.69) is 22.1 Å². The van der Waals surface area contributed by atoms with Crippen LogP contribution in [0.15, 0.2) is 47.5 Å². The topological polar surface area (TPSA) is 93.9 Å². The summed E-state index contributed by atoms with van der Waals surface area (Å²) < 4.78 is 35.5. The van der Waals surface area contributed by atoms with Gasteiger partial charge in [0, 0.05) is 30.4 Å². The molecule has 0 atom stereocenters. The summed E-state index contributed by atoms with van der Waals surface area (Å²) in [4.78, 5) is 9.23. The quantitative estimate of drug-likeness (QED) is 0.389. The van der Waals surface area contributed by atoms with Crippen LogP contribution in [-0.4, -0.2) is 53.3 Å². The van der Waals surface area contributed by atoms with Crippen LogP contribution in [0.3, 0.4) is 0 Å². The lowest BCUT2D eigenvalue weighted by Gasteiger charge is -2.31. The maximum atomic E-state index is 13.2. The van der Waals surface area contributed by atoms with Gasteiger partial charge in [0.15, 0.2) is 0 Å². The van der Waals surface area contributed by atoms with Crippen LogP contribution in [0.1, 0.15) is 43.9 Å². The molecule has 4 rings (SSSR count). The molecule has 1 fully saturated rings. The molecule has 9 heteroatoms. The van der Waals surface area contributed by atoms with E-state index >= 15 is 0 Å². The molecule has 0 bridgehead atoms. The fourth-order valence-electron chi connectivity index (χ4n) is 4.44. The average Bonchev–Trinajstić information content (AvgIpc) is 3.15. The number of aryl methyl sites for hydroxylation is 1. The highest BCUT2D eigenvalue weighted by Crippen LogP contribution is 2.35. The minimum absolute atomic E-state index is 0.0349. The van der Waals surface area contributed by atoms with E-state index in [4.69, 9.17) is 9.99 Å². The van der Waals surface area contributed by atoms with E-state index in [1.165, 1.54) is 5.56 Å². The van der Waals surface area contributed by atoms with Crippen molar-refractivity contribution in [2.24, 2.45) is 0 Å². The first-order chi connectivity index (χ1) is 15.8. The third-order valence-electron chi connectivity index (χ3n) is 6.04. The fraction of sp³-hybridized carbons (Fsp3) is 0.458. The van der Waals surface area contributed by atoms with E-state index in [-0.39, 0.29) is 23.5 Å². The number of ether oxygens (including phenoxy) is 1. The van der Waals surface area contributed by atoms with Gasteiger partial charge in [0.05, 0.1) is 24.2 Å². The van der Waals surface area contributed by atoms with Crippen LogP contribution in [0.2, 0.25) is 0 Å². The standard InChI is InChI=1S/C24H31N3O5S/c1-17(2)32-20-5-7-21(8-6-20)33(29,30)27-12-10-19(11-13-27)23-16-26(14-15-31-28)24-22(23)9-4-18(3)25-24/h4-9,16-17,19,28H,10-15H2,1-3H3. The molecule has 33 heavy (non-hydrogen) atoms. The number of nitrogens with zero attached hydrogens (tertiary/aromatic N) is 3. The highest BCUT2D eigenvalue weighted by atomic mass is 32.2. The molecule has 3 aromatic rings. The summed E-state index contributed by atoms with van der Waals surface area (Å²) in [7, 11) is -3.55. The van der Waals surface area contributed by atoms with Crippen LogP contribution >= 0.6 is 0 Å². The third-order valence-corrected chi connectivity index (χ3v) is 7.96. The lowest BCUT2D eigenvalue weighted by molar-refractivity contribution is -0.243. The van der Waals surface area contributed by atoms with Crippen molar-refractivity contribution in [3.05, 3.63) is 53.9 Å². The Morgan fingerprint density at radius 2 is 1.82 bits per heavy atom. The number of rotatable bonds is 8. The number of sulfonamides is 1. The SMILES string of the molecule is Cc1ccc2c(C3CCN(S(=O)(=O)c4ccc(OC(C)C)cc4)CC3)cn(CCOO)c2n1. The van der Waals surface area contributed by atoms with E-state index in [9.17, 15) is 8.42 Å². The predicted molar refractivity (Wildman–Crippen MR) is 126 cm³/mol. The van der Waals surface area contributed by atoms with Crippen LogP contribution in [0.4, 0.5) is 0 Å². The zero-order valence-electron chi connectivity index (χ0n) is 19.3. The predicted octanol–water partition coefficient (Wildman–Crippen LogP) is 4.19. The summed E-state index contributed by atoms with van der Waals surface area (Å²) >= 11 is 0. The molecule has 0 saturated carbocycles. The highest BCUT2D eigenvalue weighted by Gasteiger charge is 2.31. The Balaban J connectivity index is 1.50. The lowest BCUT2D eigenvalue weighted by atomic mass is 9.90. The van der Waals surface area contributed by atoms with Gasteiger partial charge in [0.2, 0.25) is 10.0 Å². The number of hydrogen-bond donors (Lipinski definition) is 1. The van der Waals surface area contributed by atoms with E-state index < -0.39 is 10.0 Å². The minimum atomic E-state index is -3.55. The summed E-state index contributed by atoms with van der Waals surface area (Å²) in [6, 6.07) is 10.7. The monoisotopic (exact) mass is 473 g/mol. The van der Waals surface area contributed by atoms with Gasteiger partial charge in [-0.05, 0) is 81.5 Å². The molecule has 8 nitrogen and oxygen atoms in total. The van der Waals surface area contributed by atoms with Crippen molar-refractivity contribution >= 4 is 21.1 Å².